The van der Waals surface area contributed by atoms with E-state index in [1.54, 1.807) is 29.2 Å². The van der Waals surface area contributed by atoms with Gasteiger partial charge >= 0.3 is 0 Å². The molecule has 4 heterocycles. The van der Waals surface area contributed by atoms with Gasteiger partial charge in [-0.1, -0.05) is 0 Å². The molecule has 0 unspecified atom stereocenters. The summed E-state index contributed by atoms with van der Waals surface area (Å²) in [4.78, 5) is 21.1. The second kappa shape index (κ2) is 8.51. The van der Waals surface area contributed by atoms with Crippen LogP contribution in [0.15, 0.2) is 53.0 Å². The molecule has 4 rings (SSSR count). The molecule has 1 saturated heterocycles. The van der Waals surface area contributed by atoms with Crippen LogP contribution in [0.4, 0.5) is 0 Å². The van der Waals surface area contributed by atoms with Gasteiger partial charge in [0.2, 0.25) is 0 Å². The van der Waals surface area contributed by atoms with Crippen molar-refractivity contribution in [2.45, 2.75) is 13.1 Å². The molecule has 0 atom stereocenters. The van der Waals surface area contributed by atoms with E-state index >= 15 is 0 Å². The standard InChI is InChI=1S/C19H22N6OS/c26-19-4-3-18(17-2-1-5-20-13-17)22-25(19)11-10-23-6-8-24(9-7-23)14-16-12-21-27-15-16/h1-5,12-13,15H,6-11,14H2. The maximum absolute atomic E-state index is 12.2. The lowest BCUT2D eigenvalue weighted by Crippen LogP contribution is -2.47. The van der Waals surface area contributed by atoms with Crippen LogP contribution in [0.5, 0.6) is 0 Å². The van der Waals surface area contributed by atoms with Crippen LogP contribution in [0.25, 0.3) is 11.3 Å². The van der Waals surface area contributed by atoms with Gasteiger partial charge in [0.15, 0.2) is 0 Å². The molecule has 0 amide bonds. The van der Waals surface area contributed by atoms with E-state index in [1.807, 2.05) is 18.3 Å². The second-order valence-corrected chi connectivity index (χ2v) is 7.33. The van der Waals surface area contributed by atoms with Crippen LogP contribution in [0, 0.1) is 0 Å². The zero-order valence-corrected chi connectivity index (χ0v) is 15.9. The van der Waals surface area contributed by atoms with E-state index in [0.717, 1.165) is 50.5 Å². The quantitative estimate of drug-likeness (QED) is 0.645. The fourth-order valence-electron chi connectivity index (χ4n) is 3.25. The van der Waals surface area contributed by atoms with Crippen molar-refractivity contribution in [1.29, 1.82) is 0 Å². The van der Waals surface area contributed by atoms with Crippen molar-refractivity contribution < 1.29 is 0 Å². The van der Waals surface area contributed by atoms with Gasteiger partial charge in [-0.15, -0.1) is 0 Å². The Bertz CT molecular complexity index is 903. The molecule has 0 N–H and O–H groups in total. The SMILES string of the molecule is O=c1ccc(-c2cccnc2)nn1CCN1CCN(Cc2cnsc2)CC1. The number of aromatic nitrogens is 4. The first-order valence-corrected chi connectivity index (χ1v) is 9.93. The minimum Gasteiger partial charge on any atom is -0.299 e. The van der Waals surface area contributed by atoms with E-state index in [0.29, 0.717) is 6.54 Å². The average molecular weight is 382 g/mol. The second-order valence-electron chi connectivity index (χ2n) is 6.67. The zero-order chi connectivity index (χ0) is 18.5. The normalized spacial score (nSPS) is 15.9. The smallest absolute Gasteiger partial charge is 0.266 e. The highest BCUT2D eigenvalue weighted by molar-refractivity contribution is 7.03. The van der Waals surface area contributed by atoms with Crippen molar-refractivity contribution in [2.75, 3.05) is 32.7 Å². The fourth-order valence-corrected chi connectivity index (χ4v) is 3.78. The molecule has 3 aromatic rings. The lowest BCUT2D eigenvalue weighted by molar-refractivity contribution is 0.123. The minimum atomic E-state index is -0.0637. The van der Waals surface area contributed by atoms with Crippen LogP contribution in [0.1, 0.15) is 5.56 Å². The number of rotatable bonds is 6. The molecule has 0 saturated carbocycles. The van der Waals surface area contributed by atoms with Crippen molar-refractivity contribution in [3.05, 3.63) is 64.2 Å². The van der Waals surface area contributed by atoms with Crippen molar-refractivity contribution in [1.82, 2.24) is 28.9 Å². The number of nitrogens with zero attached hydrogens (tertiary/aromatic N) is 6. The first-order chi connectivity index (χ1) is 13.3. The molecular formula is C19H22N6OS. The molecule has 7 nitrogen and oxygen atoms in total. The molecule has 1 aliphatic rings. The molecule has 0 aliphatic carbocycles. The Morgan fingerprint density at radius 3 is 2.59 bits per heavy atom. The Labute approximate surface area is 162 Å². The fraction of sp³-hybridized carbons (Fsp3) is 0.368. The molecule has 0 bridgehead atoms. The highest BCUT2D eigenvalue weighted by atomic mass is 32.1. The van der Waals surface area contributed by atoms with Crippen LogP contribution < -0.4 is 5.56 Å². The van der Waals surface area contributed by atoms with E-state index in [2.05, 4.69) is 29.6 Å². The van der Waals surface area contributed by atoms with Crippen molar-refractivity contribution in [3.63, 3.8) is 0 Å². The Morgan fingerprint density at radius 1 is 1.00 bits per heavy atom. The molecule has 8 heteroatoms. The van der Waals surface area contributed by atoms with Gasteiger partial charge in [0.05, 0.1) is 12.2 Å². The number of piperazine rings is 1. The van der Waals surface area contributed by atoms with Crippen LogP contribution in [-0.2, 0) is 13.1 Å². The van der Waals surface area contributed by atoms with Gasteiger partial charge in [0.1, 0.15) is 0 Å². The molecular weight excluding hydrogens is 360 g/mol. The summed E-state index contributed by atoms with van der Waals surface area (Å²) in [5.41, 5.74) is 2.92. The van der Waals surface area contributed by atoms with Crippen LogP contribution >= 0.6 is 11.5 Å². The Kier molecular flexibility index (Phi) is 5.66. The molecule has 1 fully saturated rings. The maximum atomic E-state index is 12.2. The molecule has 0 radical (unpaired) electrons. The lowest BCUT2D eigenvalue weighted by atomic mass is 10.2. The van der Waals surface area contributed by atoms with Gasteiger partial charge in [-0.05, 0) is 35.3 Å². The maximum Gasteiger partial charge on any atom is 0.266 e. The molecule has 3 aromatic heterocycles. The van der Waals surface area contributed by atoms with Crippen molar-refractivity contribution >= 4 is 11.5 Å². The highest BCUT2D eigenvalue weighted by Gasteiger charge is 2.17. The summed E-state index contributed by atoms with van der Waals surface area (Å²) in [5, 5.41) is 6.62. The predicted molar refractivity (Wildman–Crippen MR) is 106 cm³/mol. The predicted octanol–water partition coefficient (Wildman–Crippen LogP) is 1.58. The van der Waals surface area contributed by atoms with Crippen LogP contribution in [-0.4, -0.2) is 61.7 Å². The molecule has 140 valence electrons. The van der Waals surface area contributed by atoms with Gasteiger partial charge in [-0.2, -0.15) is 5.10 Å². The largest absolute Gasteiger partial charge is 0.299 e. The molecule has 1 aliphatic heterocycles. The third-order valence-corrected chi connectivity index (χ3v) is 5.44. The third-order valence-electron chi connectivity index (χ3n) is 4.81. The Hall–Kier alpha value is -2.42. The third kappa shape index (κ3) is 4.65. The first kappa shape index (κ1) is 18.0. The number of pyridine rings is 1. The van der Waals surface area contributed by atoms with Gasteiger partial charge in [0.25, 0.3) is 5.56 Å². The van der Waals surface area contributed by atoms with E-state index in [-0.39, 0.29) is 5.56 Å². The summed E-state index contributed by atoms with van der Waals surface area (Å²) < 4.78 is 5.73. The van der Waals surface area contributed by atoms with E-state index in [4.69, 9.17) is 0 Å². The van der Waals surface area contributed by atoms with Crippen LogP contribution in [0.2, 0.25) is 0 Å². The lowest BCUT2D eigenvalue weighted by Gasteiger charge is -2.34. The molecule has 0 aromatic carbocycles. The average Bonchev–Trinajstić information content (AvgIpc) is 3.22. The highest BCUT2D eigenvalue weighted by Crippen LogP contribution is 2.13. The summed E-state index contributed by atoms with van der Waals surface area (Å²) in [5.74, 6) is 0. The zero-order valence-electron chi connectivity index (χ0n) is 15.1. The Balaban J connectivity index is 1.32. The number of hydrogen-bond acceptors (Lipinski definition) is 7. The van der Waals surface area contributed by atoms with E-state index in [1.165, 1.54) is 17.1 Å². The van der Waals surface area contributed by atoms with Crippen molar-refractivity contribution in [3.8, 4) is 11.3 Å². The van der Waals surface area contributed by atoms with Gasteiger partial charge in [0, 0.05) is 74.9 Å². The molecule has 0 spiro atoms. The topological polar surface area (TPSA) is 67.2 Å². The van der Waals surface area contributed by atoms with Gasteiger partial charge in [-0.3, -0.25) is 19.6 Å². The first-order valence-electron chi connectivity index (χ1n) is 9.09. The summed E-state index contributed by atoms with van der Waals surface area (Å²) in [6, 6.07) is 7.17. The molecule has 27 heavy (non-hydrogen) atoms. The van der Waals surface area contributed by atoms with Gasteiger partial charge in [-0.25, -0.2) is 9.06 Å². The van der Waals surface area contributed by atoms with E-state index < -0.39 is 0 Å². The van der Waals surface area contributed by atoms with Gasteiger partial charge < -0.3 is 0 Å². The summed E-state index contributed by atoms with van der Waals surface area (Å²) >= 11 is 1.50. The van der Waals surface area contributed by atoms with Crippen molar-refractivity contribution in [2.24, 2.45) is 0 Å². The summed E-state index contributed by atoms with van der Waals surface area (Å²) in [6.07, 6.45) is 5.44. The van der Waals surface area contributed by atoms with E-state index in [9.17, 15) is 4.79 Å². The monoisotopic (exact) mass is 382 g/mol. The number of hydrogen-bond donors (Lipinski definition) is 0. The Morgan fingerprint density at radius 2 is 1.85 bits per heavy atom. The summed E-state index contributed by atoms with van der Waals surface area (Å²) in [7, 11) is 0. The van der Waals surface area contributed by atoms with Crippen LogP contribution in [0.3, 0.4) is 0 Å². The summed E-state index contributed by atoms with van der Waals surface area (Å²) in [6.45, 7) is 6.49. The minimum absolute atomic E-state index is 0.0637.